The normalized spacial score (nSPS) is 18.9. The maximum atomic E-state index is 13.7. The molecule has 7 heteroatoms. The van der Waals surface area contributed by atoms with Crippen LogP contribution in [0.5, 0.6) is 0 Å². The average molecular weight is 392 g/mol. The molecule has 1 aromatic carbocycles. The molecule has 0 N–H and O–H groups in total. The van der Waals surface area contributed by atoms with E-state index in [4.69, 9.17) is 0 Å². The SMILES string of the molecule is CC(=O)C1CCCN(c2cc(F)c(I)cc2[N+](=O)[O-])C1. The first-order valence-corrected chi connectivity index (χ1v) is 7.37. The lowest BCUT2D eigenvalue weighted by molar-refractivity contribution is -0.384. The van der Waals surface area contributed by atoms with E-state index in [1.807, 2.05) is 0 Å². The van der Waals surface area contributed by atoms with E-state index in [1.165, 1.54) is 19.1 Å². The van der Waals surface area contributed by atoms with Crippen LogP contribution in [0.25, 0.3) is 0 Å². The Labute approximate surface area is 129 Å². The summed E-state index contributed by atoms with van der Waals surface area (Å²) in [6.45, 7) is 2.54. The third kappa shape index (κ3) is 3.08. The smallest absolute Gasteiger partial charge is 0.293 e. The highest BCUT2D eigenvalue weighted by Gasteiger charge is 2.28. The molecular formula is C13H14FIN2O3. The van der Waals surface area contributed by atoms with Gasteiger partial charge in [0.05, 0.1) is 8.49 Å². The zero-order valence-corrected chi connectivity index (χ0v) is 13.1. The van der Waals surface area contributed by atoms with Gasteiger partial charge in [0.1, 0.15) is 17.3 Å². The van der Waals surface area contributed by atoms with Crippen molar-refractivity contribution in [1.29, 1.82) is 0 Å². The van der Waals surface area contributed by atoms with Gasteiger partial charge in [-0.05, 0) is 42.4 Å². The van der Waals surface area contributed by atoms with Gasteiger partial charge in [-0.3, -0.25) is 14.9 Å². The Morgan fingerprint density at radius 2 is 2.25 bits per heavy atom. The Bertz CT molecular complexity index is 565. The van der Waals surface area contributed by atoms with E-state index in [9.17, 15) is 19.3 Å². The fourth-order valence-electron chi connectivity index (χ4n) is 2.45. The van der Waals surface area contributed by atoms with Crippen LogP contribution in [0.3, 0.4) is 0 Å². The second-order valence-corrected chi connectivity index (χ2v) is 6.07. The summed E-state index contributed by atoms with van der Waals surface area (Å²) in [5.41, 5.74) is 0.152. The van der Waals surface area contributed by atoms with Gasteiger partial charge < -0.3 is 4.90 Å². The standard InChI is InChI=1S/C13H14FIN2O3/c1-8(18)9-3-2-4-16(7-9)12-5-10(14)11(15)6-13(12)17(19)20/h5-6,9H,2-4,7H2,1H3. The Hall–Kier alpha value is -1.25. The summed E-state index contributed by atoms with van der Waals surface area (Å²) in [5, 5.41) is 11.1. The molecule has 1 aliphatic rings. The van der Waals surface area contributed by atoms with E-state index in [1.54, 1.807) is 27.5 Å². The van der Waals surface area contributed by atoms with Crippen molar-refractivity contribution in [2.75, 3.05) is 18.0 Å². The summed E-state index contributed by atoms with van der Waals surface area (Å²) >= 11 is 1.73. The third-order valence-corrected chi connectivity index (χ3v) is 4.38. The summed E-state index contributed by atoms with van der Waals surface area (Å²) < 4.78 is 13.9. The molecule has 5 nitrogen and oxygen atoms in total. The van der Waals surface area contributed by atoms with Gasteiger partial charge in [-0.15, -0.1) is 0 Å². The summed E-state index contributed by atoms with van der Waals surface area (Å²) in [4.78, 5) is 23.8. The number of piperidine rings is 1. The number of carbonyl (C=O) groups excluding carboxylic acids is 1. The molecule has 0 amide bonds. The van der Waals surface area contributed by atoms with Crippen LogP contribution in [0.1, 0.15) is 19.8 Å². The maximum Gasteiger partial charge on any atom is 0.293 e. The summed E-state index contributed by atoms with van der Waals surface area (Å²) in [6, 6.07) is 2.44. The first kappa shape index (κ1) is 15.1. The predicted octanol–water partition coefficient (Wildman–Crippen LogP) is 3.14. The number of Topliss-reactive ketones (excluding diaryl/α,β-unsaturated/α-hetero) is 1. The molecule has 1 aromatic rings. The minimum atomic E-state index is -0.506. The van der Waals surface area contributed by atoms with Gasteiger partial charge in [0.2, 0.25) is 0 Å². The first-order chi connectivity index (χ1) is 9.40. The number of carbonyl (C=O) groups is 1. The highest BCUT2D eigenvalue weighted by molar-refractivity contribution is 14.1. The molecule has 1 unspecified atom stereocenters. The van der Waals surface area contributed by atoms with Gasteiger partial charge in [0.15, 0.2) is 0 Å². The maximum absolute atomic E-state index is 13.7. The van der Waals surface area contributed by atoms with Crippen molar-refractivity contribution in [2.24, 2.45) is 5.92 Å². The second-order valence-electron chi connectivity index (χ2n) is 4.91. The number of anilines is 1. The van der Waals surface area contributed by atoms with Crippen molar-refractivity contribution in [3.63, 3.8) is 0 Å². The van der Waals surface area contributed by atoms with E-state index >= 15 is 0 Å². The summed E-state index contributed by atoms with van der Waals surface area (Å²) in [5.74, 6) is -0.537. The molecule has 0 spiro atoms. The highest BCUT2D eigenvalue weighted by Crippen LogP contribution is 2.34. The van der Waals surface area contributed by atoms with Crippen LogP contribution in [-0.4, -0.2) is 23.8 Å². The van der Waals surface area contributed by atoms with E-state index in [0.717, 1.165) is 12.8 Å². The van der Waals surface area contributed by atoms with Crippen molar-refractivity contribution in [2.45, 2.75) is 19.8 Å². The zero-order valence-electron chi connectivity index (χ0n) is 10.9. The number of benzene rings is 1. The molecule has 20 heavy (non-hydrogen) atoms. The molecule has 0 aromatic heterocycles. The molecule has 0 radical (unpaired) electrons. The van der Waals surface area contributed by atoms with Crippen LogP contribution in [0.2, 0.25) is 0 Å². The monoisotopic (exact) mass is 392 g/mol. The predicted molar refractivity (Wildman–Crippen MR) is 81.4 cm³/mol. The lowest BCUT2D eigenvalue weighted by atomic mass is 9.94. The molecule has 1 saturated heterocycles. The lowest BCUT2D eigenvalue weighted by Crippen LogP contribution is -2.38. The molecule has 108 valence electrons. The fourth-order valence-corrected chi connectivity index (χ4v) is 2.90. The van der Waals surface area contributed by atoms with Crippen molar-refractivity contribution < 1.29 is 14.1 Å². The number of nitro groups is 1. The van der Waals surface area contributed by atoms with E-state index in [0.29, 0.717) is 13.1 Å². The van der Waals surface area contributed by atoms with Crippen LogP contribution in [0.15, 0.2) is 12.1 Å². The van der Waals surface area contributed by atoms with Crippen LogP contribution < -0.4 is 4.90 Å². The Morgan fingerprint density at radius 3 is 2.85 bits per heavy atom. The summed E-state index contributed by atoms with van der Waals surface area (Å²) in [7, 11) is 0. The highest BCUT2D eigenvalue weighted by atomic mass is 127. The van der Waals surface area contributed by atoms with Crippen molar-refractivity contribution in [1.82, 2.24) is 0 Å². The van der Waals surface area contributed by atoms with Gasteiger partial charge in [0, 0.05) is 31.1 Å². The molecule has 0 aliphatic carbocycles. The van der Waals surface area contributed by atoms with Gasteiger partial charge in [-0.2, -0.15) is 0 Å². The molecule has 1 aliphatic heterocycles. The molecule has 0 saturated carbocycles. The second kappa shape index (κ2) is 6.02. The van der Waals surface area contributed by atoms with Crippen molar-refractivity contribution in [3.05, 3.63) is 31.6 Å². The third-order valence-electron chi connectivity index (χ3n) is 3.55. The van der Waals surface area contributed by atoms with Gasteiger partial charge in [0.25, 0.3) is 5.69 Å². The molecule has 1 atom stereocenters. The largest absolute Gasteiger partial charge is 0.365 e. The number of nitrogens with zero attached hydrogens (tertiary/aromatic N) is 2. The topological polar surface area (TPSA) is 63.5 Å². The van der Waals surface area contributed by atoms with E-state index < -0.39 is 10.7 Å². The van der Waals surface area contributed by atoms with Crippen LogP contribution in [-0.2, 0) is 4.79 Å². The molecule has 1 heterocycles. The minimum Gasteiger partial charge on any atom is -0.365 e. The Balaban J connectivity index is 2.38. The molecule has 2 rings (SSSR count). The van der Waals surface area contributed by atoms with E-state index in [2.05, 4.69) is 0 Å². The van der Waals surface area contributed by atoms with Crippen molar-refractivity contribution >= 4 is 39.7 Å². The average Bonchev–Trinajstić information content (AvgIpc) is 2.41. The van der Waals surface area contributed by atoms with Crippen LogP contribution in [0.4, 0.5) is 15.8 Å². The minimum absolute atomic E-state index is 0.0725. The molecular weight excluding hydrogens is 378 g/mol. The van der Waals surface area contributed by atoms with Crippen LogP contribution >= 0.6 is 22.6 Å². The van der Waals surface area contributed by atoms with Gasteiger partial charge in [-0.25, -0.2) is 4.39 Å². The Morgan fingerprint density at radius 1 is 1.55 bits per heavy atom. The Kier molecular flexibility index (Phi) is 4.56. The van der Waals surface area contributed by atoms with Gasteiger partial charge in [-0.1, -0.05) is 0 Å². The number of nitro benzene ring substituents is 1. The number of rotatable bonds is 3. The summed E-state index contributed by atoms with van der Waals surface area (Å²) in [6.07, 6.45) is 1.56. The number of hydrogen-bond acceptors (Lipinski definition) is 4. The number of ketones is 1. The lowest BCUT2D eigenvalue weighted by Gasteiger charge is -2.33. The van der Waals surface area contributed by atoms with Crippen molar-refractivity contribution in [3.8, 4) is 0 Å². The van der Waals surface area contributed by atoms with Crippen LogP contribution in [0, 0.1) is 25.4 Å². The fraction of sp³-hybridized carbons (Fsp3) is 0.462. The first-order valence-electron chi connectivity index (χ1n) is 6.29. The quantitative estimate of drug-likeness (QED) is 0.451. The number of halogens is 2. The number of hydrogen-bond donors (Lipinski definition) is 0. The molecule has 1 fully saturated rings. The zero-order chi connectivity index (χ0) is 14.9. The van der Waals surface area contributed by atoms with Gasteiger partial charge >= 0.3 is 0 Å². The van der Waals surface area contributed by atoms with E-state index in [-0.39, 0.29) is 26.6 Å². The molecule has 0 bridgehead atoms.